The molecule has 0 saturated carbocycles. The van der Waals surface area contributed by atoms with Gasteiger partial charge < -0.3 is 84.4 Å². The van der Waals surface area contributed by atoms with Crippen molar-refractivity contribution in [2.24, 2.45) is 28.3 Å². The molecule has 17 N–H and O–H groups in total. The molecule has 0 spiro atoms. The third kappa shape index (κ3) is 20.0. The van der Waals surface area contributed by atoms with Gasteiger partial charge in [0.05, 0.1) is 12.9 Å². The molecule has 28 heteroatoms. The van der Waals surface area contributed by atoms with E-state index in [-0.39, 0.29) is 106 Å². The van der Waals surface area contributed by atoms with Crippen LogP contribution in [0, 0.1) is 11.8 Å². The van der Waals surface area contributed by atoms with E-state index in [4.69, 9.17) is 11.5 Å². The molecule has 0 unspecified atom stereocenters. The van der Waals surface area contributed by atoms with Crippen molar-refractivity contribution in [1.29, 1.82) is 0 Å². The predicted octanol–water partition coefficient (Wildman–Crippen LogP) is -1.44. The van der Waals surface area contributed by atoms with Gasteiger partial charge in [-0.15, -0.1) is 0 Å². The number of nitrogens with zero attached hydrogens (tertiary/aromatic N) is 3. The second kappa shape index (κ2) is 32.4. The zero-order valence-corrected chi connectivity index (χ0v) is 49.8. The fourth-order valence-electron chi connectivity index (χ4n) is 10.5. The van der Waals surface area contributed by atoms with E-state index in [2.05, 4.69) is 67.8 Å². The minimum absolute atomic E-state index is 0.0397. The van der Waals surface area contributed by atoms with Gasteiger partial charge in [0.15, 0.2) is 5.96 Å². The summed E-state index contributed by atoms with van der Waals surface area (Å²) in [7, 11) is 0. The minimum Gasteiger partial charge on any atom is -0.508 e. The van der Waals surface area contributed by atoms with Gasteiger partial charge >= 0.3 is 0 Å². The number of hydrogen-bond acceptors (Lipinski definition) is 14. The van der Waals surface area contributed by atoms with E-state index < -0.39 is 108 Å². The number of H-pyrrole nitrogens is 2. The molecule has 2 aliphatic rings. The first-order chi connectivity index (χ1) is 41.5. The van der Waals surface area contributed by atoms with Crippen molar-refractivity contribution in [1.82, 2.24) is 67.7 Å². The van der Waals surface area contributed by atoms with E-state index in [1.54, 1.807) is 45.2 Å². The van der Waals surface area contributed by atoms with Crippen LogP contribution < -0.4 is 59.3 Å². The van der Waals surface area contributed by atoms with Crippen LogP contribution in [0.2, 0.25) is 0 Å². The zero-order chi connectivity index (χ0) is 63.3. The van der Waals surface area contributed by atoms with Crippen LogP contribution in [0.25, 0.3) is 10.9 Å². The summed E-state index contributed by atoms with van der Waals surface area (Å²) < 4.78 is 0. The number of benzene rings is 2. The zero-order valence-electron chi connectivity index (χ0n) is 49.8. The van der Waals surface area contributed by atoms with Crippen molar-refractivity contribution in [3.05, 3.63) is 84.1 Å². The number of aromatic amines is 2. The molecule has 0 bridgehead atoms. The van der Waals surface area contributed by atoms with Crippen molar-refractivity contribution < 1.29 is 58.2 Å². The van der Waals surface area contributed by atoms with E-state index in [0.717, 1.165) is 5.52 Å². The molecule has 6 rings (SSSR count). The molecule has 2 saturated heterocycles. The number of likely N-dealkylation sites (N-methyl/N-ethyl adjacent to an activating group) is 1. The maximum Gasteiger partial charge on any atom is 0.245 e. The van der Waals surface area contributed by atoms with Gasteiger partial charge in [-0.2, -0.15) is 0 Å². The molecule has 4 heterocycles. The number of aromatic nitrogens is 3. The Balaban J connectivity index is 1.22. The number of likely N-dealkylation sites (tertiary alicyclic amines) is 1. The van der Waals surface area contributed by atoms with E-state index >= 15 is 0 Å². The van der Waals surface area contributed by atoms with Crippen LogP contribution in [-0.2, 0) is 67.2 Å². The number of aromatic hydroxyl groups is 1. The molecule has 2 aromatic carbocycles. The monoisotopic (exact) mass is 1210 g/mol. The van der Waals surface area contributed by atoms with Gasteiger partial charge in [-0.3, -0.25) is 52.9 Å². The number of phenolic OH excluding ortho intramolecular Hbond substituents is 1. The average molecular weight is 1210 g/mol. The van der Waals surface area contributed by atoms with Gasteiger partial charge in [-0.1, -0.05) is 58.0 Å². The first kappa shape index (κ1) is 67.1. The Labute approximate surface area is 504 Å². The molecule has 4 aromatic rings. The van der Waals surface area contributed by atoms with Crippen molar-refractivity contribution >= 4 is 75.9 Å². The van der Waals surface area contributed by atoms with Crippen LogP contribution in [0.3, 0.4) is 0 Å². The Morgan fingerprint density at radius 1 is 0.701 bits per heavy atom. The van der Waals surface area contributed by atoms with E-state index in [1.807, 2.05) is 19.9 Å². The number of hydrogen-bond donors (Lipinski definition) is 15. The van der Waals surface area contributed by atoms with Crippen molar-refractivity contribution in [3.63, 3.8) is 0 Å². The van der Waals surface area contributed by atoms with Crippen molar-refractivity contribution in [3.8, 4) is 5.75 Å². The Bertz CT molecular complexity index is 3050. The number of fused-ring (bicyclic) bond motifs is 1. The largest absolute Gasteiger partial charge is 0.508 e. The van der Waals surface area contributed by atoms with Gasteiger partial charge in [0.25, 0.3) is 0 Å². The quantitative estimate of drug-likeness (QED) is 0.0151. The average Bonchev–Trinajstić information content (AvgIpc) is 2.39. The number of aliphatic hydroxyl groups excluding tert-OH is 1. The summed E-state index contributed by atoms with van der Waals surface area (Å²) in [5.74, 6) is -7.55. The number of carbonyl (C=O) groups excluding carboxylic acids is 10. The SMILES string of the molecule is CCNC(=O)[C@@H]1CCCN1C(=O)[C@H](CCCN=C(N)N)NC(=O)[C@H](CC(C)C)NC(=O)[C@@H](CC(C)C)NC(=O)[C@H](Cc1ccc(O)cc1)NC(=O)[C@H](CO)NC(=O)[C@H](Cc1c[nH]c2ccccc12)NC(=O)[C@@H](Cc1cnc[nH]1)NC(=O)[C@@H]1CCC(=O)N1. The molecular weight excluding hydrogens is 1120 g/mol. The molecule has 472 valence electrons. The number of aliphatic hydroxyl groups is 1. The molecule has 0 radical (unpaired) electrons. The van der Waals surface area contributed by atoms with Crippen LogP contribution >= 0.6 is 0 Å². The number of carbonyl (C=O) groups is 10. The Hall–Kier alpha value is -9.08. The first-order valence-electron chi connectivity index (χ1n) is 29.5. The lowest BCUT2D eigenvalue weighted by molar-refractivity contribution is -0.142. The van der Waals surface area contributed by atoms with Gasteiger partial charge in [0.2, 0.25) is 59.1 Å². The Morgan fingerprint density at radius 3 is 1.85 bits per heavy atom. The molecule has 9 atom stereocenters. The molecule has 28 nitrogen and oxygen atoms in total. The number of guanidine groups is 1. The highest BCUT2D eigenvalue weighted by atomic mass is 16.3. The molecule has 2 aromatic heterocycles. The Kier molecular flexibility index (Phi) is 25.0. The number of phenols is 1. The van der Waals surface area contributed by atoms with Gasteiger partial charge in [0, 0.05) is 74.3 Å². The number of imidazole rings is 1. The molecule has 2 fully saturated rings. The van der Waals surface area contributed by atoms with Gasteiger partial charge in [-0.25, -0.2) is 4.98 Å². The summed E-state index contributed by atoms with van der Waals surface area (Å²) in [5, 5.41) is 45.9. The van der Waals surface area contributed by atoms with E-state index in [9.17, 15) is 58.2 Å². The lowest BCUT2D eigenvalue weighted by atomic mass is 9.98. The van der Waals surface area contributed by atoms with Crippen LogP contribution in [0.15, 0.2) is 72.2 Å². The number of aliphatic imine (C=N–C) groups is 1. The summed E-state index contributed by atoms with van der Waals surface area (Å²) in [6.45, 7) is 8.82. The molecule has 0 aliphatic carbocycles. The fourth-order valence-corrected chi connectivity index (χ4v) is 10.5. The maximum absolute atomic E-state index is 14.7. The predicted molar refractivity (Wildman–Crippen MR) is 320 cm³/mol. The molecule has 2 aliphatic heterocycles. The number of amides is 10. The molecule has 10 amide bonds. The highest BCUT2D eigenvalue weighted by Crippen LogP contribution is 2.22. The lowest BCUT2D eigenvalue weighted by Crippen LogP contribution is -2.61. The topological polar surface area (TPSA) is 432 Å². The van der Waals surface area contributed by atoms with E-state index in [0.29, 0.717) is 41.6 Å². The van der Waals surface area contributed by atoms with Gasteiger partial charge in [-0.05, 0) is 93.0 Å². The normalized spacial score (nSPS) is 17.1. The minimum atomic E-state index is -1.75. The van der Waals surface area contributed by atoms with Crippen LogP contribution in [-0.4, -0.2) is 176 Å². The third-order valence-electron chi connectivity index (χ3n) is 14.9. The van der Waals surface area contributed by atoms with Crippen LogP contribution in [0.1, 0.15) is 103 Å². The summed E-state index contributed by atoms with van der Waals surface area (Å²) in [6, 6.07) is 1.58. The number of nitrogens with two attached hydrogens (primary N) is 2. The standard InChI is InChI=1S/C59H84N16O12/c1-6-63-57(86)48-14-10-22-75(48)58(87)41(13-9-21-64-59(60)61)68-51(80)42(23-32(2)3)69-52(81)43(24-33(4)5)70-53(82)44(25-34-15-17-37(77)18-16-34)71-56(85)47(30-76)74-54(83)45(26-35-28-65-39-12-8-7-11-38(35)39)72-55(84)46(27-36-29-62-31-66-36)73-50(79)40-19-20-49(78)67-40/h7-8,11-12,15-18,28-29,31-33,40-48,65,76-77H,6,9-10,13-14,19-27,30H2,1-5H3,(H,62,66)(H,63,86)(H,67,78)(H,68,80)(H,69,81)(H,70,82)(H,71,85)(H,72,84)(H,73,79)(H,74,83)(H4,60,61,64)/t40-,41-,42-,43+,44-,45-,46+,47-,48-/m0/s1. The smallest absolute Gasteiger partial charge is 0.245 e. The maximum atomic E-state index is 14.7. The Morgan fingerprint density at radius 2 is 1.28 bits per heavy atom. The fraction of sp³-hybridized carbons (Fsp3) is 0.525. The first-order valence-corrected chi connectivity index (χ1v) is 29.5. The van der Waals surface area contributed by atoms with E-state index in [1.165, 1.54) is 41.7 Å². The highest BCUT2D eigenvalue weighted by molar-refractivity contribution is 5.99. The lowest BCUT2D eigenvalue weighted by Gasteiger charge is -2.31. The summed E-state index contributed by atoms with van der Waals surface area (Å²) in [5.41, 5.74) is 13.3. The van der Waals surface area contributed by atoms with Crippen molar-refractivity contribution in [2.75, 3.05) is 26.2 Å². The summed E-state index contributed by atoms with van der Waals surface area (Å²) in [6.07, 6.45) is 5.80. The molecule has 87 heavy (non-hydrogen) atoms. The van der Waals surface area contributed by atoms with Crippen LogP contribution in [0.4, 0.5) is 0 Å². The van der Waals surface area contributed by atoms with Crippen molar-refractivity contribution in [2.45, 2.75) is 160 Å². The molecular formula is C59H84N16O12. The second-order valence-corrected chi connectivity index (χ2v) is 22.8. The number of rotatable bonds is 32. The second-order valence-electron chi connectivity index (χ2n) is 22.8. The summed E-state index contributed by atoms with van der Waals surface area (Å²) >= 11 is 0. The number of para-hydroxylation sites is 1. The highest BCUT2D eigenvalue weighted by Gasteiger charge is 2.40. The number of nitrogens with one attached hydrogen (secondary N) is 11. The van der Waals surface area contributed by atoms with Crippen LogP contribution in [0.5, 0.6) is 5.75 Å². The van der Waals surface area contributed by atoms with Gasteiger partial charge in [0.1, 0.15) is 60.1 Å². The third-order valence-corrected chi connectivity index (χ3v) is 14.9. The summed E-state index contributed by atoms with van der Waals surface area (Å²) in [4.78, 5) is 155.